The number of amides is 3. The van der Waals surface area contributed by atoms with E-state index in [0.29, 0.717) is 11.3 Å². The molecule has 0 radical (unpaired) electrons. The lowest BCUT2D eigenvalue weighted by atomic mass is 9.94. The second-order valence-corrected chi connectivity index (χ2v) is 7.29. The van der Waals surface area contributed by atoms with Crippen LogP contribution in [-0.2, 0) is 14.4 Å². The second kappa shape index (κ2) is 9.94. The summed E-state index contributed by atoms with van der Waals surface area (Å²) < 4.78 is 20.5. The number of carboxylic acid groups (broad SMARTS) is 1. The van der Waals surface area contributed by atoms with Gasteiger partial charge in [0.15, 0.2) is 11.8 Å². The van der Waals surface area contributed by atoms with Crippen molar-refractivity contribution < 1.29 is 33.4 Å². The molecule has 9 nitrogen and oxygen atoms in total. The molecule has 10 heteroatoms. The van der Waals surface area contributed by atoms with Crippen molar-refractivity contribution in [1.29, 1.82) is 0 Å². The van der Waals surface area contributed by atoms with Crippen LogP contribution in [0, 0.1) is 5.82 Å². The fourth-order valence-corrected chi connectivity index (χ4v) is 3.35. The quantitative estimate of drug-likeness (QED) is 0.548. The summed E-state index contributed by atoms with van der Waals surface area (Å²) in [7, 11) is 2.91. The van der Waals surface area contributed by atoms with Crippen LogP contribution in [0.25, 0.3) is 11.1 Å². The predicted octanol–water partition coefficient (Wildman–Crippen LogP) is 1.89. The van der Waals surface area contributed by atoms with E-state index < -0.39 is 48.0 Å². The van der Waals surface area contributed by atoms with Crippen LogP contribution in [-0.4, -0.2) is 60.4 Å². The Bertz CT molecular complexity index is 1130. The number of carboxylic acids is 1. The topological polar surface area (TPSA) is 125 Å². The number of benzene rings is 2. The largest absolute Gasteiger partial charge is 0.497 e. The van der Waals surface area contributed by atoms with Gasteiger partial charge in [0.1, 0.15) is 17.5 Å². The number of nitrogens with zero attached hydrogens (tertiary/aromatic N) is 1. The number of urea groups is 1. The number of aliphatic carboxylic acids is 1. The summed E-state index contributed by atoms with van der Waals surface area (Å²) >= 11 is 0. The van der Waals surface area contributed by atoms with Gasteiger partial charge in [0.05, 0.1) is 7.11 Å². The van der Waals surface area contributed by atoms with E-state index >= 15 is 4.39 Å². The molecule has 0 saturated carbocycles. The monoisotopic (exact) mass is 455 g/mol. The summed E-state index contributed by atoms with van der Waals surface area (Å²) in [5, 5.41) is 14.2. The number of likely N-dealkylation sites (N-methyl/N-ethyl adjacent to an activating group) is 1. The van der Waals surface area contributed by atoms with Crippen LogP contribution in [0.15, 0.2) is 54.7 Å². The van der Waals surface area contributed by atoms with E-state index in [1.165, 1.54) is 38.6 Å². The minimum atomic E-state index is -1.42. The highest BCUT2D eigenvalue weighted by Gasteiger charge is 2.32. The molecule has 2 unspecified atom stereocenters. The molecular weight excluding hydrogens is 433 g/mol. The number of carbonyl (C=O) groups excluding carboxylic acids is 3. The first-order valence-electron chi connectivity index (χ1n) is 9.91. The van der Waals surface area contributed by atoms with Gasteiger partial charge in [-0.15, -0.1) is 0 Å². The molecule has 1 heterocycles. The molecule has 0 aliphatic carbocycles. The average Bonchev–Trinajstić information content (AvgIpc) is 2.80. The Balaban J connectivity index is 1.77. The molecular formula is C23H22FN3O6. The maximum absolute atomic E-state index is 15.3. The highest BCUT2D eigenvalue weighted by molar-refractivity contribution is 6.14. The number of halogens is 1. The van der Waals surface area contributed by atoms with E-state index in [4.69, 9.17) is 4.74 Å². The Morgan fingerprint density at radius 1 is 1.21 bits per heavy atom. The van der Waals surface area contributed by atoms with Gasteiger partial charge in [0, 0.05) is 37.0 Å². The molecule has 3 rings (SSSR count). The molecule has 172 valence electrons. The van der Waals surface area contributed by atoms with Crippen LogP contribution < -0.4 is 15.4 Å². The highest BCUT2D eigenvalue weighted by Crippen LogP contribution is 2.30. The van der Waals surface area contributed by atoms with Crippen molar-refractivity contribution in [2.75, 3.05) is 20.7 Å². The Morgan fingerprint density at radius 2 is 1.94 bits per heavy atom. The van der Waals surface area contributed by atoms with E-state index in [1.54, 1.807) is 24.3 Å². The molecule has 33 heavy (non-hydrogen) atoms. The molecule has 0 spiro atoms. The van der Waals surface area contributed by atoms with E-state index in [2.05, 4.69) is 10.6 Å². The van der Waals surface area contributed by atoms with Crippen LogP contribution in [0.1, 0.15) is 11.5 Å². The first-order chi connectivity index (χ1) is 15.7. The molecule has 0 aromatic heterocycles. The van der Waals surface area contributed by atoms with Crippen LogP contribution in [0.5, 0.6) is 5.75 Å². The zero-order chi connectivity index (χ0) is 24.1. The van der Waals surface area contributed by atoms with Crippen LogP contribution in [0.3, 0.4) is 0 Å². The number of carbonyl (C=O) groups is 4. The number of ketones is 1. The van der Waals surface area contributed by atoms with Crippen molar-refractivity contribution >= 4 is 23.7 Å². The van der Waals surface area contributed by atoms with Gasteiger partial charge in [0.2, 0.25) is 0 Å². The van der Waals surface area contributed by atoms with E-state index in [-0.39, 0.29) is 11.1 Å². The lowest BCUT2D eigenvalue weighted by Crippen LogP contribution is -2.55. The fourth-order valence-electron chi connectivity index (χ4n) is 3.35. The molecule has 3 N–H and O–H groups in total. The van der Waals surface area contributed by atoms with Gasteiger partial charge in [0.25, 0.3) is 5.91 Å². The lowest BCUT2D eigenvalue weighted by Gasteiger charge is -2.24. The Hall–Kier alpha value is -4.21. The minimum absolute atomic E-state index is 0.129. The standard InChI is InChI=1S/C23H22FN3O6/c1-27-10-9-18(28)20(21(27)29)26-23(32)25-12-17(22(30)31)16-8-4-7-15(19(16)24)13-5-3-6-14(11-13)33-2/h3-11,17,20H,12H2,1-2H3,(H,30,31)(H2,25,26,32). The third kappa shape index (κ3) is 5.17. The molecule has 3 amide bonds. The van der Waals surface area contributed by atoms with Crippen molar-refractivity contribution in [1.82, 2.24) is 15.5 Å². The van der Waals surface area contributed by atoms with Gasteiger partial charge < -0.3 is 25.4 Å². The number of ether oxygens (including phenoxy) is 1. The molecule has 0 saturated heterocycles. The summed E-state index contributed by atoms with van der Waals surface area (Å²) in [5.74, 6) is -4.25. The first-order valence-corrected chi connectivity index (χ1v) is 9.91. The van der Waals surface area contributed by atoms with Crippen molar-refractivity contribution in [3.05, 3.63) is 66.1 Å². The van der Waals surface area contributed by atoms with Crippen molar-refractivity contribution in [2.45, 2.75) is 12.0 Å². The van der Waals surface area contributed by atoms with Crippen molar-refractivity contribution in [2.24, 2.45) is 0 Å². The van der Waals surface area contributed by atoms with Crippen molar-refractivity contribution in [3.8, 4) is 16.9 Å². The number of nitrogens with one attached hydrogen (secondary N) is 2. The Labute approximate surface area is 188 Å². The fraction of sp³-hybridized carbons (Fsp3) is 0.217. The Morgan fingerprint density at radius 3 is 2.64 bits per heavy atom. The second-order valence-electron chi connectivity index (χ2n) is 7.29. The highest BCUT2D eigenvalue weighted by atomic mass is 19.1. The summed E-state index contributed by atoms with van der Waals surface area (Å²) in [6.07, 6.45) is 2.42. The third-order valence-corrected chi connectivity index (χ3v) is 5.17. The Kier molecular flexibility index (Phi) is 7.07. The summed E-state index contributed by atoms with van der Waals surface area (Å²) in [6, 6.07) is 8.66. The third-order valence-electron chi connectivity index (χ3n) is 5.17. The number of methoxy groups -OCH3 is 1. The van der Waals surface area contributed by atoms with Gasteiger partial charge in [-0.05, 0) is 17.7 Å². The van der Waals surface area contributed by atoms with Crippen molar-refractivity contribution in [3.63, 3.8) is 0 Å². The van der Waals surface area contributed by atoms with E-state index in [0.717, 1.165) is 11.0 Å². The molecule has 0 fully saturated rings. The maximum Gasteiger partial charge on any atom is 0.315 e. The number of hydrogen-bond donors (Lipinski definition) is 3. The van der Waals surface area contributed by atoms with Crippen LogP contribution >= 0.6 is 0 Å². The van der Waals surface area contributed by atoms with Gasteiger partial charge in [-0.3, -0.25) is 14.4 Å². The SMILES string of the molecule is COc1cccc(-c2cccc(C(CNC(=O)NC3C(=O)C=CN(C)C3=O)C(=O)O)c2F)c1. The molecule has 1 aliphatic heterocycles. The first kappa shape index (κ1) is 23.5. The molecule has 1 aliphatic rings. The zero-order valence-corrected chi connectivity index (χ0v) is 17.9. The zero-order valence-electron chi connectivity index (χ0n) is 17.9. The molecule has 0 bridgehead atoms. The van der Waals surface area contributed by atoms with Gasteiger partial charge >= 0.3 is 12.0 Å². The lowest BCUT2D eigenvalue weighted by molar-refractivity contribution is -0.139. The number of rotatable bonds is 7. The minimum Gasteiger partial charge on any atom is -0.497 e. The van der Waals surface area contributed by atoms with Crippen LogP contribution in [0.4, 0.5) is 9.18 Å². The van der Waals surface area contributed by atoms with Gasteiger partial charge in [-0.1, -0.05) is 30.3 Å². The van der Waals surface area contributed by atoms with Gasteiger partial charge in [-0.25, -0.2) is 9.18 Å². The molecule has 2 aromatic rings. The maximum atomic E-state index is 15.3. The van der Waals surface area contributed by atoms with E-state index in [9.17, 15) is 24.3 Å². The normalized spacial score (nSPS) is 16.3. The van der Waals surface area contributed by atoms with Gasteiger partial charge in [-0.2, -0.15) is 0 Å². The summed E-state index contributed by atoms with van der Waals surface area (Å²) in [5.41, 5.74) is 0.543. The predicted molar refractivity (Wildman–Crippen MR) is 116 cm³/mol. The molecule has 2 atom stereocenters. The van der Waals surface area contributed by atoms with E-state index in [1.807, 2.05) is 0 Å². The average molecular weight is 455 g/mol. The van der Waals surface area contributed by atoms with Crippen LogP contribution in [0.2, 0.25) is 0 Å². The molecule has 2 aromatic carbocycles. The summed E-state index contributed by atoms with van der Waals surface area (Å²) in [4.78, 5) is 49.2. The smallest absolute Gasteiger partial charge is 0.315 e. The number of hydrogen-bond acceptors (Lipinski definition) is 5. The summed E-state index contributed by atoms with van der Waals surface area (Å²) in [6.45, 7) is -0.472.